The number of nitrogens with zero attached hydrogens (tertiary/aromatic N) is 4. The van der Waals surface area contributed by atoms with Gasteiger partial charge in [-0.05, 0) is 105 Å². The van der Waals surface area contributed by atoms with E-state index in [0.717, 1.165) is 22.1 Å². The number of carbonyl (C=O) groups excluding carboxylic acids is 1. The van der Waals surface area contributed by atoms with E-state index in [1.54, 1.807) is 19.1 Å². The third-order valence-electron chi connectivity index (χ3n) is 11.7. The smallest absolute Gasteiger partial charge is 0.404 e. The number of aromatic carboxylic acids is 1. The molecule has 2 aliphatic heterocycles. The van der Waals surface area contributed by atoms with Crippen LogP contribution in [0.4, 0.5) is 26.3 Å². The third kappa shape index (κ3) is 7.80. The number of piperidine rings is 2. The Labute approximate surface area is 305 Å². The van der Waals surface area contributed by atoms with Gasteiger partial charge >= 0.3 is 24.3 Å². The number of carbonyl (C=O) groups is 2. The van der Waals surface area contributed by atoms with Gasteiger partial charge < -0.3 is 19.0 Å². The fourth-order valence-corrected chi connectivity index (χ4v) is 8.75. The predicted octanol–water partition coefficient (Wildman–Crippen LogP) is 9.05. The van der Waals surface area contributed by atoms with E-state index in [1.165, 1.54) is 31.0 Å². The summed E-state index contributed by atoms with van der Waals surface area (Å²) in [6, 6.07) is 11.4. The number of likely N-dealkylation sites (tertiary alicyclic amines) is 2. The standard InChI is InChI=1S/C20H25F3N2O2.C19H23F3N2O2/c1-12(14-9-10-24(3)17(11-14)20(21,22)23)25-13(2)18(19(26)27-4)15-7-5-6-8-16(15)25;1-11(13-8-9-23(3)16(10-13)19(20,21)22)24-12(2)17(18(25)26)14-6-4-5-7-15(14)24/h5-8,12,14,17H,9-11H2,1-4H3;4-7,11,13,16H,8-10H2,1-3H3,(H,25,26). The van der Waals surface area contributed by atoms with Gasteiger partial charge in [0, 0.05) is 45.3 Å². The Bertz CT molecular complexity index is 1950. The number of fused-ring (bicyclic) bond motifs is 2. The zero-order valence-corrected chi connectivity index (χ0v) is 31.1. The number of esters is 1. The number of carboxylic acid groups (broad SMARTS) is 1. The van der Waals surface area contributed by atoms with Gasteiger partial charge in [-0.2, -0.15) is 26.3 Å². The van der Waals surface area contributed by atoms with E-state index in [1.807, 2.05) is 66.3 Å². The molecule has 6 rings (SSSR count). The van der Waals surface area contributed by atoms with Gasteiger partial charge in [-0.15, -0.1) is 0 Å². The van der Waals surface area contributed by atoms with E-state index in [4.69, 9.17) is 4.74 Å². The quantitative estimate of drug-likeness (QED) is 0.157. The van der Waals surface area contributed by atoms with E-state index in [0.29, 0.717) is 42.6 Å². The number of aromatic nitrogens is 2. The van der Waals surface area contributed by atoms with Crippen molar-refractivity contribution in [1.29, 1.82) is 0 Å². The highest BCUT2D eigenvalue weighted by molar-refractivity contribution is 6.06. The van der Waals surface area contributed by atoms with Gasteiger partial charge in [-0.3, -0.25) is 9.80 Å². The van der Waals surface area contributed by atoms with E-state index in [-0.39, 0.29) is 42.3 Å². The van der Waals surface area contributed by atoms with Gasteiger partial charge in [0.05, 0.1) is 18.2 Å². The molecule has 0 aliphatic carbocycles. The van der Waals surface area contributed by atoms with Crippen molar-refractivity contribution in [2.75, 3.05) is 34.3 Å². The monoisotopic (exact) mass is 750 g/mol. The van der Waals surface area contributed by atoms with Crippen molar-refractivity contribution < 1.29 is 45.8 Å². The molecule has 1 N–H and O–H groups in total. The largest absolute Gasteiger partial charge is 0.478 e. The molecule has 4 heterocycles. The number of para-hydroxylation sites is 2. The molecule has 6 unspecified atom stereocenters. The maximum absolute atomic E-state index is 13.4. The Morgan fingerprint density at radius 1 is 0.717 bits per heavy atom. The van der Waals surface area contributed by atoms with Crippen molar-refractivity contribution in [1.82, 2.24) is 18.9 Å². The van der Waals surface area contributed by atoms with Crippen molar-refractivity contribution in [3.63, 3.8) is 0 Å². The summed E-state index contributed by atoms with van der Waals surface area (Å²) in [7, 11) is 4.38. The molecule has 4 aromatic rings. The second-order valence-electron chi connectivity index (χ2n) is 14.6. The van der Waals surface area contributed by atoms with Gasteiger partial charge in [-0.1, -0.05) is 36.4 Å². The molecule has 2 saturated heterocycles. The summed E-state index contributed by atoms with van der Waals surface area (Å²) in [5, 5.41) is 11.0. The zero-order valence-electron chi connectivity index (χ0n) is 31.1. The van der Waals surface area contributed by atoms with Gasteiger partial charge in [0.25, 0.3) is 0 Å². The third-order valence-corrected chi connectivity index (χ3v) is 11.7. The van der Waals surface area contributed by atoms with Crippen LogP contribution >= 0.6 is 0 Å². The Hall–Kier alpha value is -4.04. The van der Waals surface area contributed by atoms with Crippen LogP contribution in [-0.2, 0) is 4.74 Å². The second-order valence-corrected chi connectivity index (χ2v) is 14.6. The van der Waals surface area contributed by atoms with Crippen molar-refractivity contribution in [2.24, 2.45) is 11.8 Å². The normalized spacial score (nSPS) is 23.0. The zero-order chi connectivity index (χ0) is 39.2. The first-order valence-electron chi connectivity index (χ1n) is 17.8. The number of hydrogen-bond acceptors (Lipinski definition) is 5. The average molecular weight is 751 g/mol. The Kier molecular flexibility index (Phi) is 11.6. The summed E-state index contributed by atoms with van der Waals surface area (Å²) in [5.41, 5.74) is 3.66. The molecule has 0 radical (unpaired) electrons. The van der Waals surface area contributed by atoms with Crippen LogP contribution in [-0.4, -0.2) is 94.7 Å². The van der Waals surface area contributed by atoms with Crippen LogP contribution in [0.5, 0.6) is 0 Å². The molecular weight excluding hydrogens is 702 g/mol. The summed E-state index contributed by atoms with van der Waals surface area (Å²) in [6.07, 6.45) is -7.08. The lowest BCUT2D eigenvalue weighted by molar-refractivity contribution is -0.193. The number of methoxy groups -OCH3 is 1. The SMILES string of the molecule is COC(=O)c1c(C)n(C(C)C2CCN(C)C(C(F)(F)F)C2)c2ccccc12.Cc1c(C(=O)O)c2ccccc2n1C(C)C1CCN(C)C(C(F)(F)F)C1. The molecule has 6 atom stereocenters. The number of carboxylic acids is 1. The van der Waals surface area contributed by atoms with Gasteiger partial charge in [0.15, 0.2) is 0 Å². The number of alkyl halides is 6. The molecule has 2 fully saturated rings. The average Bonchev–Trinajstić information content (AvgIpc) is 3.56. The highest BCUT2D eigenvalue weighted by Gasteiger charge is 2.48. The summed E-state index contributed by atoms with van der Waals surface area (Å²) in [5.74, 6) is -1.74. The lowest BCUT2D eigenvalue weighted by Crippen LogP contribution is -2.49. The summed E-state index contributed by atoms with van der Waals surface area (Å²) < 4.78 is 89.1. The topological polar surface area (TPSA) is 79.9 Å². The van der Waals surface area contributed by atoms with E-state index < -0.39 is 36.4 Å². The fourth-order valence-electron chi connectivity index (χ4n) is 8.75. The summed E-state index contributed by atoms with van der Waals surface area (Å²) in [6.45, 7) is 8.19. The second kappa shape index (κ2) is 15.4. The Balaban J connectivity index is 0.000000204. The van der Waals surface area contributed by atoms with E-state index in [9.17, 15) is 41.0 Å². The number of halogens is 6. The van der Waals surface area contributed by atoms with Crippen molar-refractivity contribution in [3.05, 3.63) is 71.0 Å². The van der Waals surface area contributed by atoms with Crippen LogP contribution in [0.1, 0.15) is 83.7 Å². The Morgan fingerprint density at radius 2 is 1.09 bits per heavy atom. The highest BCUT2D eigenvalue weighted by Crippen LogP contribution is 2.42. The molecule has 2 aromatic carbocycles. The first-order chi connectivity index (χ1) is 24.8. The van der Waals surface area contributed by atoms with Crippen LogP contribution < -0.4 is 0 Å². The molecular formula is C39H48F6N4O4. The molecule has 290 valence electrons. The first kappa shape index (κ1) is 40.2. The Morgan fingerprint density at radius 3 is 1.47 bits per heavy atom. The minimum Gasteiger partial charge on any atom is -0.478 e. The van der Waals surface area contributed by atoms with Crippen molar-refractivity contribution in [2.45, 2.75) is 89.9 Å². The predicted molar refractivity (Wildman–Crippen MR) is 191 cm³/mol. The van der Waals surface area contributed by atoms with Crippen LogP contribution in [0.2, 0.25) is 0 Å². The maximum atomic E-state index is 13.4. The van der Waals surface area contributed by atoms with Gasteiger partial charge in [-0.25, -0.2) is 9.59 Å². The van der Waals surface area contributed by atoms with Gasteiger partial charge in [0.1, 0.15) is 12.1 Å². The fraction of sp³-hybridized carbons (Fsp3) is 0.538. The number of hydrogen-bond donors (Lipinski definition) is 1. The summed E-state index contributed by atoms with van der Waals surface area (Å²) in [4.78, 5) is 26.8. The minimum absolute atomic E-state index is 0.0233. The number of rotatable bonds is 6. The van der Waals surface area contributed by atoms with Crippen LogP contribution in [0, 0.1) is 25.7 Å². The number of ether oxygens (including phenoxy) is 1. The molecule has 2 aromatic heterocycles. The van der Waals surface area contributed by atoms with Crippen molar-refractivity contribution in [3.8, 4) is 0 Å². The molecule has 0 spiro atoms. The molecule has 53 heavy (non-hydrogen) atoms. The lowest BCUT2D eigenvalue weighted by Gasteiger charge is -2.40. The van der Waals surface area contributed by atoms with Gasteiger partial charge in [0.2, 0.25) is 0 Å². The van der Waals surface area contributed by atoms with E-state index >= 15 is 0 Å². The minimum atomic E-state index is -4.26. The van der Waals surface area contributed by atoms with Crippen molar-refractivity contribution >= 4 is 33.7 Å². The molecule has 0 bridgehead atoms. The molecule has 14 heteroatoms. The van der Waals surface area contributed by atoms with Crippen LogP contribution in [0.3, 0.4) is 0 Å². The first-order valence-corrected chi connectivity index (χ1v) is 17.8. The molecule has 0 amide bonds. The van der Waals surface area contributed by atoms with E-state index in [2.05, 4.69) is 0 Å². The lowest BCUT2D eigenvalue weighted by atomic mass is 9.85. The molecule has 8 nitrogen and oxygen atoms in total. The molecule has 0 saturated carbocycles. The number of benzene rings is 2. The summed E-state index contributed by atoms with van der Waals surface area (Å²) >= 11 is 0. The highest BCUT2D eigenvalue weighted by atomic mass is 19.4. The molecule has 2 aliphatic rings. The van der Waals surface area contributed by atoms with Crippen LogP contribution in [0.15, 0.2) is 48.5 Å². The maximum Gasteiger partial charge on any atom is 0.404 e. The van der Waals surface area contributed by atoms with Crippen LogP contribution in [0.25, 0.3) is 21.8 Å².